The lowest BCUT2D eigenvalue weighted by molar-refractivity contribution is -0.143. The van der Waals surface area contributed by atoms with Gasteiger partial charge in [-0.05, 0) is 33.8 Å². The average Bonchev–Trinajstić information content (AvgIpc) is 2.93. The van der Waals surface area contributed by atoms with E-state index in [9.17, 15) is 9.59 Å². The molecule has 0 spiro atoms. The minimum atomic E-state index is -1.39. The van der Waals surface area contributed by atoms with Gasteiger partial charge in [0.15, 0.2) is 5.60 Å². The maximum absolute atomic E-state index is 12.5. The van der Waals surface area contributed by atoms with Crippen LogP contribution in [0.15, 0.2) is 23.2 Å². The van der Waals surface area contributed by atoms with Crippen LogP contribution in [0.1, 0.15) is 39.7 Å². The van der Waals surface area contributed by atoms with Gasteiger partial charge in [-0.3, -0.25) is 5.06 Å². The Labute approximate surface area is 168 Å². The third kappa shape index (κ3) is 3.66. The van der Waals surface area contributed by atoms with E-state index in [-0.39, 0.29) is 18.7 Å². The fourth-order valence-electron chi connectivity index (χ4n) is 3.24. The van der Waals surface area contributed by atoms with E-state index in [1.54, 1.807) is 52.9 Å². The number of rotatable bonds is 3. The molecule has 0 amide bonds. The summed E-state index contributed by atoms with van der Waals surface area (Å²) in [6, 6.07) is 5.20. The Morgan fingerprint density at radius 1 is 1.39 bits per heavy atom. The van der Waals surface area contributed by atoms with Gasteiger partial charge in [0.05, 0.1) is 17.3 Å². The summed E-state index contributed by atoms with van der Waals surface area (Å²) in [5.74, 6) is -0.584. The number of esters is 1. The van der Waals surface area contributed by atoms with E-state index in [1.165, 1.54) is 5.06 Å². The van der Waals surface area contributed by atoms with Gasteiger partial charge in [0.2, 0.25) is 6.23 Å². The SMILES string of the molecule is CCOC(=O)C1=N[C@@H]2ON(C)c3c(Cl)cccc3[C@]2(OC(=O)OC(C)(C)C)C1. The second kappa shape index (κ2) is 7.25. The van der Waals surface area contributed by atoms with Gasteiger partial charge in [0.1, 0.15) is 11.3 Å². The molecule has 152 valence electrons. The summed E-state index contributed by atoms with van der Waals surface area (Å²) in [7, 11) is 1.67. The van der Waals surface area contributed by atoms with Crippen molar-refractivity contribution in [1.82, 2.24) is 0 Å². The molecule has 1 aromatic rings. The molecule has 0 aliphatic carbocycles. The Morgan fingerprint density at radius 2 is 2.11 bits per heavy atom. The van der Waals surface area contributed by atoms with Gasteiger partial charge in [-0.15, -0.1) is 0 Å². The number of fused-ring (bicyclic) bond motifs is 3. The van der Waals surface area contributed by atoms with Crippen molar-refractivity contribution in [3.63, 3.8) is 0 Å². The number of carbonyl (C=O) groups excluding carboxylic acids is 2. The standard InChI is InChI=1S/C19H23ClN2O6/c1-6-25-15(23)13-10-19(27-17(24)26-18(2,3)4)11-8-7-9-12(20)14(11)22(5)28-16(19)21-13/h7-9,16H,6,10H2,1-5H3/t16-,19-/m1/s1. The van der Waals surface area contributed by atoms with Gasteiger partial charge in [0.25, 0.3) is 0 Å². The summed E-state index contributed by atoms with van der Waals surface area (Å²) < 4.78 is 16.2. The van der Waals surface area contributed by atoms with Gasteiger partial charge in [-0.25, -0.2) is 19.4 Å². The van der Waals surface area contributed by atoms with Crippen LogP contribution in [0.3, 0.4) is 0 Å². The quantitative estimate of drug-likeness (QED) is 0.703. The van der Waals surface area contributed by atoms with Gasteiger partial charge < -0.3 is 14.2 Å². The fourth-order valence-corrected chi connectivity index (χ4v) is 3.54. The minimum Gasteiger partial charge on any atom is -0.462 e. The van der Waals surface area contributed by atoms with Crippen molar-refractivity contribution in [3.05, 3.63) is 28.8 Å². The van der Waals surface area contributed by atoms with Crippen LogP contribution in [0.2, 0.25) is 5.02 Å². The second-order valence-corrected chi connectivity index (χ2v) is 7.93. The molecule has 1 aromatic carbocycles. The molecule has 2 aliphatic heterocycles. The highest BCUT2D eigenvalue weighted by Crippen LogP contribution is 2.50. The van der Waals surface area contributed by atoms with E-state index < -0.39 is 29.6 Å². The van der Waals surface area contributed by atoms with Crippen LogP contribution in [-0.4, -0.2) is 43.3 Å². The Hall–Kier alpha value is -2.32. The maximum atomic E-state index is 12.5. The highest BCUT2D eigenvalue weighted by molar-refractivity contribution is 6.37. The number of benzene rings is 1. The lowest BCUT2D eigenvalue weighted by Crippen LogP contribution is -2.49. The third-order valence-corrected chi connectivity index (χ3v) is 4.59. The van der Waals surface area contributed by atoms with Crippen LogP contribution in [0, 0.1) is 0 Å². The number of hydroxylamine groups is 1. The zero-order valence-electron chi connectivity index (χ0n) is 16.4. The van der Waals surface area contributed by atoms with Crippen molar-refractivity contribution in [2.45, 2.75) is 51.5 Å². The highest BCUT2D eigenvalue weighted by Gasteiger charge is 2.57. The highest BCUT2D eigenvalue weighted by atomic mass is 35.5. The largest absolute Gasteiger partial charge is 0.509 e. The summed E-state index contributed by atoms with van der Waals surface area (Å²) in [6.45, 7) is 7.09. The molecule has 0 radical (unpaired) electrons. The predicted octanol–water partition coefficient (Wildman–Crippen LogP) is 3.60. The van der Waals surface area contributed by atoms with Gasteiger partial charge in [-0.1, -0.05) is 23.7 Å². The Morgan fingerprint density at radius 3 is 2.75 bits per heavy atom. The first-order valence-electron chi connectivity index (χ1n) is 8.92. The molecule has 0 saturated heterocycles. The molecule has 2 heterocycles. The Bertz CT molecular complexity index is 834. The molecule has 3 rings (SSSR count). The van der Waals surface area contributed by atoms with Crippen molar-refractivity contribution in [3.8, 4) is 0 Å². The lowest BCUT2D eigenvalue weighted by Gasteiger charge is -2.42. The molecule has 0 aromatic heterocycles. The van der Waals surface area contributed by atoms with E-state index in [1.807, 2.05) is 0 Å². The number of para-hydroxylation sites is 1. The fraction of sp³-hybridized carbons (Fsp3) is 0.526. The molecule has 0 fully saturated rings. The molecule has 0 saturated carbocycles. The number of halogens is 1. The number of carbonyl (C=O) groups is 2. The smallest absolute Gasteiger partial charge is 0.462 e. The van der Waals surface area contributed by atoms with Crippen LogP contribution >= 0.6 is 11.6 Å². The molecule has 0 N–H and O–H groups in total. The zero-order chi connectivity index (χ0) is 20.7. The van der Waals surface area contributed by atoms with Crippen molar-refractivity contribution in [2.75, 3.05) is 18.7 Å². The van der Waals surface area contributed by atoms with E-state index in [4.69, 9.17) is 30.6 Å². The summed E-state index contributed by atoms with van der Waals surface area (Å²) in [6.07, 6.45) is -1.89. The lowest BCUT2D eigenvalue weighted by atomic mass is 9.86. The van der Waals surface area contributed by atoms with E-state index >= 15 is 0 Å². The van der Waals surface area contributed by atoms with E-state index in [0.717, 1.165) is 0 Å². The van der Waals surface area contributed by atoms with Crippen LogP contribution in [0.5, 0.6) is 0 Å². The summed E-state index contributed by atoms with van der Waals surface area (Å²) >= 11 is 6.36. The van der Waals surface area contributed by atoms with E-state index in [0.29, 0.717) is 16.3 Å². The monoisotopic (exact) mass is 410 g/mol. The molecule has 28 heavy (non-hydrogen) atoms. The van der Waals surface area contributed by atoms with Crippen molar-refractivity contribution >= 4 is 35.1 Å². The van der Waals surface area contributed by atoms with Gasteiger partial charge >= 0.3 is 12.1 Å². The summed E-state index contributed by atoms with van der Waals surface area (Å²) in [5, 5.41) is 1.87. The predicted molar refractivity (Wildman–Crippen MR) is 102 cm³/mol. The molecule has 0 bridgehead atoms. The first kappa shape index (κ1) is 20.4. The molecule has 0 unspecified atom stereocenters. The molecular weight excluding hydrogens is 388 g/mol. The zero-order valence-corrected chi connectivity index (χ0v) is 17.2. The number of hydrogen-bond acceptors (Lipinski definition) is 8. The number of ether oxygens (including phenoxy) is 3. The summed E-state index contributed by atoms with van der Waals surface area (Å²) in [4.78, 5) is 35.0. The van der Waals surface area contributed by atoms with Crippen molar-refractivity contribution in [2.24, 2.45) is 4.99 Å². The Kier molecular flexibility index (Phi) is 5.29. The Balaban J connectivity index is 2.05. The first-order valence-corrected chi connectivity index (χ1v) is 9.30. The average molecular weight is 411 g/mol. The third-order valence-electron chi connectivity index (χ3n) is 4.28. The maximum Gasteiger partial charge on any atom is 0.509 e. The molecule has 8 nitrogen and oxygen atoms in total. The second-order valence-electron chi connectivity index (χ2n) is 7.52. The number of anilines is 1. The number of aliphatic imine (C=N–C) groups is 1. The first-order chi connectivity index (χ1) is 13.1. The molecule has 2 aliphatic rings. The normalized spacial score (nSPS) is 23.4. The van der Waals surface area contributed by atoms with Crippen LogP contribution < -0.4 is 5.06 Å². The van der Waals surface area contributed by atoms with Crippen LogP contribution in [-0.2, 0) is 29.4 Å². The van der Waals surface area contributed by atoms with Crippen molar-refractivity contribution < 1.29 is 28.6 Å². The van der Waals surface area contributed by atoms with Crippen LogP contribution in [0.4, 0.5) is 10.5 Å². The topological polar surface area (TPSA) is 86.7 Å². The summed E-state index contributed by atoms with van der Waals surface area (Å²) in [5.41, 5.74) is -0.915. The minimum absolute atomic E-state index is 0.0169. The van der Waals surface area contributed by atoms with Crippen LogP contribution in [0.25, 0.3) is 0 Å². The van der Waals surface area contributed by atoms with E-state index in [2.05, 4.69) is 4.99 Å². The molecule has 9 heteroatoms. The van der Waals surface area contributed by atoms with Gasteiger partial charge in [-0.2, -0.15) is 0 Å². The number of nitrogens with zero attached hydrogens (tertiary/aromatic N) is 2. The molecular formula is C19H23ClN2O6. The number of hydrogen-bond donors (Lipinski definition) is 0. The van der Waals surface area contributed by atoms with Crippen molar-refractivity contribution in [1.29, 1.82) is 0 Å². The molecule has 2 atom stereocenters. The van der Waals surface area contributed by atoms with Gasteiger partial charge in [0, 0.05) is 19.0 Å².